The van der Waals surface area contributed by atoms with Gasteiger partial charge in [-0.3, -0.25) is 4.79 Å². The Bertz CT molecular complexity index is 603. The Balaban J connectivity index is 1.95. The Hall–Kier alpha value is -2.75. The van der Waals surface area contributed by atoms with Gasteiger partial charge in [0, 0.05) is 25.1 Å². The smallest absolute Gasteiger partial charge is 0.321 e. The van der Waals surface area contributed by atoms with E-state index in [2.05, 4.69) is 5.32 Å². The first kappa shape index (κ1) is 14.7. The van der Waals surface area contributed by atoms with Gasteiger partial charge < -0.3 is 20.1 Å². The fourth-order valence-electron chi connectivity index (χ4n) is 2.17. The van der Waals surface area contributed by atoms with Gasteiger partial charge in [-0.15, -0.1) is 0 Å². The zero-order valence-corrected chi connectivity index (χ0v) is 11.5. The zero-order chi connectivity index (χ0) is 15.4. The third-order valence-electron chi connectivity index (χ3n) is 3.28. The summed E-state index contributed by atoms with van der Waals surface area (Å²) in [5.74, 6) is -0.435. The largest absolute Gasteiger partial charge is 0.495 e. The van der Waals surface area contributed by atoms with Crippen molar-refractivity contribution in [2.75, 3.05) is 25.5 Å². The molecule has 21 heavy (non-hydrogen) atoms. The maximum atomic E-state index is 12.0. The molecule has 0 radical (unpaired) electrons. The predicted molar refractivity (Wildman–Crippen MR) is 74.0 cm³/mol. The number of amides is 2. The summed E-state index contributed by atoms with van der Waals surface area (Å²) in [4.78, 5) is 24.1. The molecule has 2 rings (SSSR count). The minimum absolute atomic E-state index is 0.0103. The Morgan fingerprint density at radius 2 is 2.24 bits per heavy atom. The lowest BCUT2D eigenvalue weighted by Crippen LogP contribution is -2.52. The molecule has 0 aliphatic carbocycles. The molecule has 1 aliphatic rings. The van der Waals surface area contributed by atoms with Gasteiger partial charge >= 0.3 is 12.0 Å². The van der Waals surface area contributed by atoms with Crippen LogP contribution in [-0.2, 0) is 4.79 Å². The van der Waals surface area contributed by atoms with Crippen LogP contribution < -0.4 is 10.1 Å². The van der Waals surface area contributed by atoms with Crippen molar-refractivity contribution in [2.24, 2.45) is 5.92 Å². The molecular formula is C14H15N3O4. The first-order chi connectivity index (χ1) is 10.0. The molecule has 0 unspecified atom stereocenters. The first-order valence-corrected chi connectivity index (χ1v) is 6.39. The highest BCUT2D eigenvalue weighted by Crippen LogP contribution is 2.27. The predicted octanol–water partition coefficient (Wildman–Crippen LogP) is 1.51. The van der Waals surface area contributed by atoms with Crippen molar-refractivity contribution in [2.45, 2.75) is 6.42 Å². The van der Waals surface area contributed by atoms with E-state index in [4.69, 9.17) is 15.1 Å². The van der Waals surface area contributed by atoms with E-state index >= 15 is 0 Å². The van der Waals surface area contributed by atoms with Gasteiger partial charge in [-0.1, -0.05) is 0 Å². The molecule has 2 amide bonds. The molecular weight excluding hydrogens is 274 g/mol. The van der Waals surface area contributed by atoms with Gasteiger partial charge in [0.2, 0.25) is 0 Å². The van der Waals surface area contributed by atoms with Crippen LogP contribution in [0.1, 0.15) is 12.0 Å². The van der Waals surface area contributed by atoms with Crippen LogP contribution in [0.5, 0.6) is 5.75 Å². The molecule has 1 aromatic carbocycles. The van der Waals surface area contributed by atoms with Crippen LogP contribution >= 0.6 is 0 Å². The lowest BCUT2D eigenvalue weighted by molar-refractivity contribution is -0.139. The van der Waals surface area contributed by atoms with Crippen molar-refractivity contribution in [1.29, 1.82) is 5.26 Å². The molecule has 7 nitrogen and oxygen atoms in total. The van der Waals surface area contributed by atoms with Crippen LogP contribution in [0.25, 0.3) is 0 Å². The van der Waals surface area contributed by atoms with Gasteiger partial charge in [0.25, 0.3) is 0 Å². The number of ether oxygens (including phenoxy) is 1. The number of urea groups is 1. The van der Waals surface area contributed by atoms with Crippen LogP contribution in [0.3, 0.4) is 0 Å². The number of anilines is 1. The molecule has 1 aliphatic heterocycles. The molecule has 0 aromatic heterocycles. The fraction of sp³-hybridized carbons (Fsp3) is 0.357. The zero-order valence-electron chi connectivity index (χ0n) is 11.5. The van der Waals surface area contributed by atoms with E-state index in [1.807, 2.05) is 6.07 Å². The number of nitrogens with zero attached hydrogens (tertiary/aromatic N) is 2. The van der Waals surface area contributed by atoms with Crippen LogP contribution in [0.2, 0.25) is 0 Å². The molecule has 0 saturated carbocycles. The fourth-order valence-corrected chi connectivity index (χ4v) is 2.17. The SMILES string of the molecule is COc1cc(C#N)ccc1NC(=O)N1CC(CC(=O)O)C1. The number of carbonyl (C=O) groups excluding carboxylic acids is 1. The number of nitriles is 1. The van der Waals surface area contributed by atoms with E-state index in [1.165, 1.54) is 12.0 Å². The minimum Gasteiger partial charge on any atom is -0.495 e. The molecule has 0 atom stereocenters. The van der Waals surface area contributed by atoms with Gasteiger partial charge in [-0.05, 0) is 12.1 Å². The number of nitrogens with one attached hydrogen (secondary N) is 1. The standard InChI is InChI=1S/C14H15N3O4/c1-21-12-4-9(6-15)2-3-11(12)16-14(20)17-7-10(8-17)5-13(18)19/h2-4,10H,5,7-8H2,1H3,(H,16,20)(H,18,19). The summed E-state index contributed by atoms with van der Waals surface area (Å²) < 4.78 is 5.13. The Labute approximate surface area is 121 Å². The molecule has 1 fully saturated rings. The lowest BCUT2D eigenvalue weighted by atomic mass is 9.97. The number of carboxylic acids is 1. The second kappa shape index (κ2) is 6.13. The van der Waals surface area contributed by atoms with Gasteiger partial charge in [0.1, 0.15) is 5.75 Å². The highest BCUT2D eigenvalue weighted by molar-refractivity contribution is 5.91. The van der Waals surface area contributed by atoms with Crippen LogP contribution in [0.15, 0.2) is 18.2 Å². The highest BCUT2D eigenvalue weighted by Gasteiger charge is 2.32. The second-order valence-electron chi connectivity index (χ2n) is 4.83. The quantitative estimate of drug-likeness (QED) is 0.874. The van der Waals surface area contributed by atoms with E-state index in [0.29, 0.717) is 30.1 Å². The van der Waals surface area contributed by atoms with E-state index in [0.717, 1.165) is 0 Å². The number of rotatable bonds is 4. The number of carbonyl (C=O) groups is 2. The third kappa shape index (κ3) is 3.42. The Morgan fingerprint density at radius 1 is 1.52 bits per heavy atom. The van der Waals surface area contributed by atoms with E-state index in [1.54, 1.807) is 18.2 Å². The van der Waals surface area contributed by atoms with Gasteiger partial charge in [0.05, 0.1) is 30.9 Å². The average molecular weight is 289 g/mol. The molecule has 0 spiro atoms. The number of hydrogen-bond acceptors (Lipinski definition) is 4. The van der Waals surface area contributed by atoms with Crippen LogP contribution in [0, 0.1) is 17.2 Å². The van der Waals surface area contributed by atoms with E-state index in [9.17, 15) is 9.59 Å². The summed E-state index contributed by atoms with van der Waals surface area (Å²) >= 11 is 0. The summed E-state index contributed by atoms with van der Waals surface area (Å²) in [6.07, 6.45) is 0.0734. The molecule has 7 heteroatoms. The van der Waals surface area contributed by atoms with Crippen molar-refractivity contribution in [3.8, 4) is 11.8 Å². The highest BCUT2D eigenvalue weighted by atomic mass is 16.5. The minimum atomic E-state index is -0.853. The van der Waals surface area contributed by atoms with Crippen molar-refractivity contribution in [3.63, 3.8) is 0 Å². The molecule has 1 saturated heterocycles. The summed E-state index contributed by atoms with van der Waals surface area (Å²) in [5.41, 5.74) is 0.915. The van der Waals surface area contributed by atoms with Gasteiger partial charge in [0.15, 0.2) is 0 Å². The Morgan fingerprint density at radius 3 is 2.81 bits per heavy atom. The third-order valence-corrected chi connectivity index (χ3v) is 3.28. The number of likely N-dealkylation sites (tertiary alicyclic amines) is 1. The first-order valence-electron chi connectivity index (χ1n) is 6.39. The maximum Gasteiger partial charge on any atom is 0.321 e. The van der Waals surface area contributed by atoms with E-state index in [-0.39, 0.29) is 18.4 Å². The van der Waals surface area contributed by atoms with Gasteiger partial charge in [-0.25, -0.2) is 4.79 Å². The van der Waals surface area contributed by atoms with Crippen molar-refractivity contribution in [3.05, 3.63) is 23.8 Å². The summed E-state index contributed by atoms with van der Waals surface area (Å²) in [5, 5.41) is 20.2. The molecule has 2 N–H and O–H groups in total. The summed E-state index contributed by atoms with van der Waals surface area (Å²) in [7, 11) is 1.46. The monoisotopic (exact) mass is 289 g/mol. The number of hydrogen-bond donors (Lipinski definition) is 2. The molecule has 1 heterocycles. The number of methoxy groups -OCH3 is 1. The molecule has 1 aromatic rings. The summed E-state index contributed by atoms with van der Waals surface area (Å²) in [6, 6.07) is 6.41. The molecule has 0 bridgehead atoms. The second-order valence-corrected chi connectivity index (χ2v) is 4.83. The van der Waals surface area contributed by atoms with Crippen molar-refractivity contribution in [1.82, 2.24) is 4.90 Å². The van der Waals surface area contributed by atoms with Crippen molar-refractivity contribution < 1.29 is 19.4 Å². The van der Waals surface area contributed by atoms with Gasteiger partial charge in [-0.2, -0.15) is 5.26 Å². The van der Waals surface area contributed by atoms with Crippen molar-refractivity contribution >= 4 is 17.7 Å². The lowest BCUT2D eigenvalue weighted by Gasteiger charge is -2.38. The van der Waals surface area contributed by atoms with Crippen LogP contribution in [0.4, 0.5) is 10.5 Å². The Kier molecular flexibility index (Phi) is 4.28. The molecule has 110 valence electrons. The number of benzene rings is 1. The number of aliphatic carboxylic acids is 1. The maximum absolute atomic E-state index is 12.0. The summed E-state index contributed by atoms with van der Waals surface area (Å²) in [6.45, 7) is 0.855. The number of carboxylic acid groups (broad SMARTS) is 1. The van der Waals surface area contributed by atoms with E-state index < -0.39 is 5.97 Å². The topological polar surface area (TPSA) is 103 Å². The average Bonchev–Trinajstić information content (AvgIpc) is 2.42. The van der Waals surface area contributed by atoms with Crippen LogP contribution in [-0.4, -0.2) is 42.2 Å². The normalized spacial score (nSPS) is 14.0.